The summed E-state index contributed by atoms with van der Waals surface area (Å²) in [6.45, 7) is 6.22. The first-order valence-corrected chi connectivity index (χ1v) is 4.88. The van der Waals surface area contributed by atoms with Gasteiger partial charge in [0.05, 0.1) is 6.10 Å². The third-order valence-electron chi connectivity index (χ3n) is 3.03. The van der Waals surface area contributed by atoms with Crippen LogP contribution in [0.25, 0.3) is 0 Å². The highest BCUT2D eigenvalue weighted by Crippen LogP contribution is 2.34. The van der Waals surface area contributed by atoms with Gasteiger partial charge in [-0.25, -0.2) is 0 Å². The number of rotatable bonds is 1. The first-order chi connectivity index (χ1) is 5.41. The minimum atomic E-state index is -0.223. The number of aliphatic hydroxyl groups is 1. The van der Waals surface area contributed by atoms with E-state index in [1.54, 1.807) is 0 Å². The van der Waals surface area contributed by atoms with Gasteiger partial charge in [-0.2, -0.15) is 0 Å². The van der Waals surface area contributed by atoms with Gasteiger partial charge in [-0.1, -0.05) is 13.3 Å². The average Bonchev–Trinajstić information content (AvgIpc) is 1.83. The van der Waals surface area contributed by atoms with E-state index in [9.17, 15) is 5.11 Å². The van der Waals surface area contributed by atoms with E-state index in [-0.39, 0.29) is 17.6 Å². The first-order valence-electron chi connectivity index (χ1n) is 4.88. The van der Waals surface area contributed by atoms with Crippen LogP contribution in [0.4, 0.5) is 0 Å². The predicted molar refractivity (Wildman–Crippen MR) is 50.8 cm³/mol. The molecule has 1 fully saturated rings. The lowest BCUT2D eigenvalue weighted by molar-refractivity contribution is 0.0171. The Morgan fingerprint density at radius 1 is 1.33 bits per heavy atom. The summed E-state index contributed by atoms with van der Waals surface area (Å²) in [5, 5.41) is 9.79. The second-order valence-corrected chi connectivity index (χ2v) is 4.91. The Hall–Kier alpha value is -0.0800. The van der Waals surface area contributed by atoms with E-state index in [4.69, 9.17) is 5.73 Å². The van der Waals surface area contributed by atoms with Crippen LogP contribution in [0.5, 0.6) is 0 Å². The molecule has 0 saturated heterocycles. The third-order valence-corrected chi connectivity index (χ3v) is 3.03. The standard InChI is InChI=1S/C10H21NO/c1-7-4-5-8(9(12)6-7)10(2,3)11/h7-9,12H,4-6,11H2,1-3H3. The minimum absolute atomic E-state index is 0.186. The van der Waals surface area contributed by atoms with Gasteiger partial charge in [0.15, 0.2) is 0 Å². The summed E-state index contributed by atoms with van der Waals surface area (Å²) in [5.74, 6) is 0.951. The van der Waals surface area contributed by atoms with Crippen molar-refractivity contribution in [3.8, 4) is 0 Å². The molecule has 3 N–H and O–H groups in total. The smallest absolute Gasteiger partial charge is 0.0588 e. The highest BCUT2D eigenvalue weighted by Gasteiger charge is 2.35. The summed E-state index contributed by atoms with van der Waals surface area (Å²) in [6, 6.07) is 0. The van der Waals surface area contributed by atoms with Crippen molar-refractivity contribution in [2.45, 2.75) is 51.7 Å². The van der Waals surface area contributed by atoms with Gasteiger partial charge in [0.2, 0.25) is 0 Å². The molecule has 0 bridgehead atoms. The molecule has 1 aliphatic carbocycles. The molecule has 1 aliphatic rings. The van der Waals surface area contributed by atoms with E-state index >= 15 is 0 Å². The maximum atomic E-state index is 9.79. The van der Waals surface area contributed by atoms with Crippen molar-refractivity contribution < 1.29 is 5.11 Å². The van der Waals surface area contributed by atoms with Crippen LogP contribution < -0.4 is 5.73 Å². The molecule has 0 amide bonds. The fraction of sp³-hybridized carbons (Fsp3) is 1.00. The normalized spacial score (nSPS) is 38.2. The average molecular weight is 171 g/mol. The van der Waals surface area contributed by atoms with Gasteiger partial charge >= 0.3 is 0 Å². The maximum absolute atomic E-state index is 9.79. The summed E-state index contributed by atoms with van der Waals surface area (Å²) in [6.07, 6.45) is 3.02. The lowest BCUT2D eigenvalue weighted by atomic mass is 9.72. The molecule has 0 aliphatic heterocycles. The quantitative estimate of drug-likeness (QED) is 0.628. The van der Waals surface area contributed by atoms with Crippen molar-refractivity contribution in [3.05, 3.63) is 0 Å². The van der Waals surface area contributed by atoms with Crippen molar-refractivity contribution in [1.29, 1.82) is 0 Å². The molecule has 3 atom stereocenters. The van der Waals surface area contributed by atoms with Crippen molar-refractivity contribution in [1.82, 2.24) is 0 Å². The Balaban J connectivity index is 2.57. The molecule has 3 unspecified atom stereocenters. The first kappa shape index (κ1) is 10.0. The van der Waals surface area contributed by atoms with Gasteiger partial charge in [0, 0.05) is 11.5 Å². The van der Waals surface area contributed by atoms with Crippen LogP contribution in [-0.4, -0.2) is 16.7 Å². The fourth-order valence-corrected chi connectivity index (χ4v) is 2.22. The molecule has 0 aromatic carbocycles. The Kier molecular flexibility index (Phi) is 2.79. The Bertz CT molecular complexity index is 150. The van der Waals surface area contributed by atoms with Crippen LogP contribution in [0, 0.1) is 11.8 Å². The molecule has 1 saturated carbocycles. The van der Waals surface area contributed by atoms with Crippen LogP contribution in [-0.2, 0) is 0 Å². The molecule has 2 nitrogen and oxygen atoms in total. The monoisotopic (exact) mass is 171 g/mol. The molecule has 0 heterocycles. The van der Waals surface area contributed by atoms with Crippen molar-refractivity contribution in [3.63, 3.8) is 0 Å². The van der Waals surface area contributed by atoms with Gasteiger partial charge in [0.25, 0.3) is 0 Å². The van der Waals surface area contributed by atoms with Gasteiger partial charge in [-0.15, -0.1) is 0 Å². The second-order valence-electron chi connectivity index (χ2n) is 4.91. The van der Waals surface area contributed by atoms with Gasteiger partial charge in [-0.3, -0.25) is 0 Å². The Morgan fingerprint density at radius 3 is 2.33 bits per heavy atom. The third kappa shape index (κ3) is 2.20. The van der Waals surface area contributed by atoms with Gasteiger partial charge in [0.1, 0.15) is 0 Å². The molecule has 12 heavy (non-hydrogen) atoms. The van der Waals surface area contributed by atoms with Crippen LogP contribution >= 0.6 is 0 Å². The molecule has 0 aromatic rings. The molecule has 0 spiro atoms. The molecule has 2 heteroatoms. The highest BCUT2D eigenvalue weighted by atomic mass is 16.3. The molecule has 0 aromatic heterocycles. The molecule has 0 radical (unpaired) electrons. The van der Waals surface area contributed by atoms with Crippen LogP contribution in [0.1, 0.15) is 40.0 Å². The zero-order valence-electron chi connectivity index (χ0n) is 8.38. The van der Waals surface area contributed by atoms with E-state index in [1.165, 1.54) is 6.42 Å². The van der Waals surface area contributed by atoms with Crippen LogP contribution in [0.3, 0.4) is 0 Å². The Morgan fingerprint density at radius 2 is 1.92 bits per heavy atom. The Labute approximate surface area is 75.2 Å². The maximum Gasteiger partial charge on any atom is 0.0588 e. The fourth-order valence-electron chi connectivity index (χ4n) is 2.22. The van der Waals surface area contributed by atoms with E-state index in [2.05, 4.69) is 6.92 Å². The van der Waals surface area contributed by atoms with E-state index in [0.29, 0.717) is 5.92 Å². The zero-order chi connectivity index (χ0) is 9.35. The van der Waals surface area contributed by atoms with E-state index < -0.39 is 0 Å². The van der Waals surface area contributed by atoms with Gasteiger partial charge < -0.3 is 10.8 Å². The molecule has 72 valence electrons. The zero-order valence-corrected chi connectivity index (χ0v) is 8.38. The SMILES string of the molecule is CC1CCC(C(C)(C)N)C(O)C1. The largest absolute Gasteiger partial charge is 0.393 e. The number of hydrogen-bond donors (Lipinski definition) is 2. The number of nitrogens with two attached hydrogens (primary N) is 1. The summed E-state index contributed by atoms with van der Waals surface area (Å²) < 4.78 is 0. The number of aliphatic hydroxyl groups excluding tert-OH is 1. The molecular weight excluding hydrogens is 150 g/mol. The second kappa shape index (κ2) is 3.35. The summed E-state index contributed by atoms with van der Waals surface area (Å²) >= 11 is 0. The lowest BCUT2D eigenvalue weighted by Gasteiger charge is -2.39. The van der Waals surface area contributed by atoms with E-state index in [0.717, 1.165) is 12.8 Å². The minimum Gasteiger partial charge on any atom is -0.393 e. The van der Waals surface area contributed by atoms with Crippen LogP contribution in [0.15, 0.2) is 0 Å². The van der Waals surface area contributed by atoms with Crippen molar-refractivity contribution in [2.75, 3.05) is 0 Å². The van der Waals surface area contributed by atoms with Gasteiger partial charge in [-0.05, 0) is 32.6 Å². The van der Waals surface area contributed by atoms with Crippen molar-refractivity contribution >= 4 is 0 Å². The highest BCUT2D eigenvalue weighted by molar-refractivity contribution is 4.90. The molecular formula is C10H21NO. The number of hydrogen-bond acceptors (Lipinski definition) is 2. The topological polar surface area (TPSA) is 46.2 Å². The van der Waals surface area contributed by atoms with E-state index in [1.807, 2.05) is 13.8 Å². The summed E-state index contributed by atoms with van der Waals surface area (Å²) in [7, 11) is 0. The lowest BCUT2D eigenvalue weighted by Crippen LogP contribution is -2.48. The predicted octanol–water partition coefficient (Wildman–Crippen LogP) is 1.52. The van der Waals surface area contributed by atoms with Crippen molar-refractivity contribution in [2.24, 2.45) is 17.6 Å². The summed E-state index contributed by atoms with van der Waals surface area (Å²) in [4.78, 5) is 0. The summed E-state index contributed by atoms with van der Waals surface area (Å²) in [5.41, 5.74) is 5.76. The van der Waals surface area contributed by atoms with Crippen LogP contribution in [0.2, 0.25) is 0 Å². The molecule has 1 rings (SSSR count).